The second-order valence-electron chi connectivity index (χ2n) is 4.43. The Kier molecular flexibility index (Phi) is 4.06. The van der Waals surface area contributed by atoms with E-state index in [9.17, 15) is 0 Å². The van der Waals surface area contributed by atoms with E-state index in [1.807, 2.05) is 0 Å². The molecule has 0 saturated heterocycles. The van der Waals surface area contributed by atoms with Gasteiger partial charge in [0.1, 0.15) is 5.75 Å². The average molecular weight is 229 g/mol. The van der Waals surface area contributed by atoms with Gasteiger partial charge in [-0.3, -0.25) is 0 Å². The van der Waals surface area contributed by atoms with Gasteiger partial charge in [0.2, 0.25) is 0 Å². The standard InChI is InChI=1S/C15H19NO/c1-3-5-14(4-2)16-11-12-6-7-15-13(10-12)8-9-17-15/h1,6-7,10,14,16H,4-5,8-9,11H2,2H3. The number of rotatable bonds is 5. The van der Waals surface area contributed by atoms with Crippen molar-refractivity contribution in [2.75, 3.05) is 6.61 Å². The Labute approximate surface area is 103 Å². The summed E-state index contributed by atoms with van der Waals surface area (Å²) < 4.78 is 5.49. The smallest absolute Gasteiger partial charge is 0.122 e. The molecular formula is C15H19NO. The van der Waals surface area contributed by atoms with Crippen LogP contribution in [0.1, 0.15) is 30.9 Å². The molecule has 2 nitrogen and oxygen atoms in total. The quantitative estimate of drug-likeness (QED) is 0.783. The highest BCUT2D eigenvalue weighted by atomic mass is 16.5. The summed E-state index contributed by atoms with van der Waals surface area (Å²) in [5, 5.41) is 3.49. The fourth-order valence-electron chi connectivity index (χ4n) is 2.12. The molecule has 1 unspecified atom stereocenters. The van der Waals surface area contributed by atoms with Crippen molar-refractivity contribution in [1.29, 1.82) is 0 Å². The Morgan fingerprint density at radius 1 is 1.53 bits per heavy atom. The van der Waals surface area contributed by atoms with Crippen molar-refractivity contribution in [1.82, 2.24) is 5.32 Å². The van der Waals surface area contributed by atoms with E-state index in [2.05, 4.69) is 36.4 Å². The SMILES string of the molecule is C#CCC(CC)NCc1ccc2c(c1)CCO2. The summed E-state index contributed by atoms with van der Waals surface area (Å²) >= 11 is 0. The van der Waals surface area contributed by atoms with Crippen LogP contribution < -0.4 is 10.1 Å². The topological polar surface area (TPSA) is 21.3 Å². The molecule has 1 atom stereocenters. The minimum absolute atomic E-state index is 0.421. The molecule has 1 N–H and O–H groups in total. The van der Waals surface area contributed by atoms with Crippen molar-refractivity contribution in [3.05, 3.63) is 29.3 Å². The number of ether oxygens (including phenoxy) is 1. The minimum atomic E-state index is 0.421. The molecule has 1 heterocycles. The molecule has 17 heavy (non-hydrogen) atoms. The Morgan fingerprint density at radius 2 is 2.41 bits per heavy atom. The van der Waals surface area contributed by atoms with Crippen molar-refractivity contribution in [3.8, 4) is 18.1 Å². The van der Waals surface area contributed by atoms with E-state index in [0.717, 1.165) is 38.2 Å². The number of benzene rings is 1. The molecular weight excluding hydrogens is 210 g/mol. The third-order valence-corrected chi connectivity index (χ3v) is 3.21. The maximum Gasteiger partial charge on any atom is 0.122 e. The lowest BCUT2D eigenvalue weighted by molar-refractivity contribution is 0.357. The van der Waals surface area contributed by atoms with Gasteiger partial charge in [0.15, 0.2) is 0 Å². The van der Waals surface area contributed by atoms with E-state index in [1.54, 1.807) is 0 Å². The number of nitrogens with one attached hydrogen (secondary N) is 1. The Morgan fingerprint density at radius 3 is 3.18 bits per heavy atom. The summed E-state index contributed by atoms with van der Waals surface area (Å²) in [6.07, 6.45) is 8.24. The largest absolute Gasteiger partial charge is 0.493 e. The fourth-order valence-corrected chi connectivity index (χ4v) is 2.12. The van der Waals surface area contributed by atoms with Crippen LogP contribution in [0.5, 0.6) is 5.75 Å². The summed E-state index contributed by atoms with van der Waals surface area (Å²) in [5.41, 5.74) is 2.64. The summed E-state index contributed by atoms with van der Waals surface area (Å²) in [7, 11) is 0. The van der Waals surface area contributed by atoms with Crippen molar-refractivity contribution in [2.45, 2.75) is 38.8 Å². The second-order valence-corrected chi connectivity index (χ2v) is 4.43. The third kappa shape index (κ3) is 3.01. The second kappa shape index (κ2) is 5.75. The number of fused-ring (bicyclic) bond motifs is 1. The normalized spacial score (nSPS) is 14.8. The molecule has 2 heteroatoms. The van der Waals surface area contributed by atoms with Crippen LogP contribution in [0.3, 0.4) is 0 Å². The first-order valence-corrected chi connectivity index (χ1v) is 6.25. The first-order chi connectivity index (χ1) is 8.33. The first-order valence-electron chi connectivity index (χ1n) is 6.25. The van der Waals surface area contributed by atoms with Gasteiger partial charge in [-0.15, -0.1) is 12.3 Å². The molecule has 0 saturated carbocycles. The minimum Gasteiger partial charge on any atom is -0.493 e. The van der Waals surface area contributed by atoms with Gasteiger partial charge in [0.05, 0.1) is 6.61 Å². The number of hydrogen-bond acceptors (Lipinski definition) is 2. The zero-order chi connectivity index (χ0) is 12.1. The maximum atomic E-state index is 5.49. The molecule has 1 aromatic rings. The molecule has 1 aliphatic rings. The molecule has 0 aliphatic carbocycles. The van der Waals surface area contributed by atoms with Crippen molar-refractivity contribution < 1.29 is 4.74 Å². The van der Waals surface area contributed by atoms with Gasteiger partial charge in [0.25, 0.3) is 0 Å². The van der Waals surface area contributed by atoms with Crippen molar-refractivity contribution in [3.63, 3.8) is 0 Å². The Hall–Kier alpha value is -1.46. The van der Waals surface area contributed by atoms with Gasteiger partial charge in [-0.05, 0) is 23.6 Å². The molecule has 1 aliphatic heterocycles. The molecule has 1 aromatic carbocycles. The van der Waals surface area contributed by atoms with E-state index in [0.29, 0.717) is 6.04 Å². The van der Waals surface area contributed by atoms with Crippen molar-refractivity contribution in [2.24, 2.45) is 0 Å². The van der Waals surface area contributed by atoms with Gasteiger partial charge in [-0.2, -0.15) is 0 Å². The molecule has 0 radical (unpaired) electrons. The van der Waals surface area contributed by atoms with Gasteiger partial charge >= 0.3 is 0 Å². The monoisotopic (exact) mass is 229 g/mol. The van der Waals surface area contributed by atoms with Crippen LogP contribution in [-0.2, 0) is 13.0 Å². The summed E-state index contributed by atoms with van der Waals surface area (Å²) in [4.78, 5) is 0. The van der Waals surface area contributed by atoms with Crippen LogP contribution in [0.2, 0.25) is 0 Å². The van der Waals surface area contributed by atoms with E-state index in [4.69, 9.17) is 11.2 Å². The predicted molar refractivity (Wildman–Crippen MR) is 70.0 cm³/mol. The lowest BCUT2D eigenvalue weighted by atomic mass is 10.1. The number of terminal acetylenes is 1. The summed E-state index contributed by atoms with van der Waals surface area (Å²) in [6, 6.07) is 6.85. The lowest BCUT2D eigenvalue weighted by Crippen LogP contribution is -2.27. The molecule has 0 amide bonds. The van der Waals surface area contributed by atoms with Gasteiger partial charge in [-0.1, -0.05) is 19.1 Å². The zero-order valence-corrected chi connectivity index (χ0v) is 10.3. The maximum absolute atomic E-state index is 5.49. The zero-order valence-electron chi connectivity index (χ0n) is 10.3. The Balaban J connectivity index is 1.93. The molecule has 0 aromatic heterocycles. The molecule has 90 valence electrons. The van der Waals surface area contributed by atoms with Crippen LogP contribution in [0.15, 0.2) is 18.2 Å². The van der Waals surface area contributed by atoms with Gasteiger partial charge < -0.3 is 10.1 Å². The first kappa shape index (κ1) is 12.0. The number of hydrogen-bond donors (Lipinski definition) is 1. The Bertz CT molecular complexity index is 419. The van der Waals surface area contributed by atoms with Crippen LogP contribution in [0.4, 0.5) is 0 Å². The van der Waals surface area contributed by atoms with Gasteiger partial charge in [0, 0.05) is 25.4 Å². The van der Waals surface area contributed by atoms with Crippen molar-refractivity contribution >= 4 is 0 Å². The van der Waals surface area contributed by atoms with Crippen LogP contribution >= 0.6 is 0 Å². The molecule has 0 bridgehead atoms. The lowest BCUT2D eigenvalue weighted by Gasteiger charge is -2.14. The van der Waals surface area contributed by atoms with E-state index in [-0.39, 0.29) is 0 Å². The molecule has 0 fully saturated rings. The molecule has 2 rings (SSSR count). The van der Waals surface area contributed by atoms with E-state index < -0.39 is 0 Å². The van der Waals surface area contributed by atoms with Crippen LogP contribution in [-0.4, -0.2) is 12.6 Å². The highest BCUT2D eigenvalue weighted by Crippen LogP contribution is 2.25. The predicted octanol–water partition coefficient (Wildman–Crippen LogP) is 2.51. The van der Waals surface area contributed by atoms with E-state index >= 15 is 0 Å². The fraction of sp³-hybridized carbons (Fsp3) is 0.467. The van der Waals surface area contributed by atoms with Gasteiger partial charge in [-0.25, -0.2) is 0 Å². The third-order valence-electron chi connectivity index (χ3n) is 3.21. The highest BCUT2D eigenvalue weighted by Gasteiger charge is 2.12. The van der Waals surface area contributed by atoms with Crippen LogP contribution in [0.25, 0.3) is 0 Å². The van der Waals surface area contributed by atoms with Crippen LogP contribution in [0, 0.1) is 12.3 Å². The summed E-state index contributed by atoms with van der Waals surface area (Å²) in [5.74, 6) is 3.76. The summed E-state index contributed by atoms with van der Waals surface area (Å²) in [6.45, 7) is 3.86. The average Bonchev–Trinajstić information content (AvgIpc) is 2.81. The molecule has 0 spiro atoms. The highest BCUT2D eigenvalue weighted by molar-refractivity contribution is 5.39. The van der Waals surface area contributed by atoms with E-state index in [1.165, 1.54) is 11.1 Å².